The minimum absolute atomic E-state index is 0.491. The van der Waals surface area contributed by atoms with E-state index in [4.69, 9.17) is 0 Å². The molecule has 1 N–H and O–H groups in total. The molecule has 0 saturated heterocycles. The molecule has 3 heteroatoms. The highest BCUT2D eigenvalue weighted by molar-refractivity contribution is 5.47. The highest BCUT2D eigenvalue weighted by atomic mass is 15.3. The lowest BCUT2D eigenvalue weighted by atomic mass is 9.75. The zero-order chi connectivity index (χ0) is 12.5. The molecule has 1 saturated carbocycles. The number of hydrogen-bond acceptors (Lipinski definition) is 2. The summed E-state index contributed by atoms with van der Waals surface area (Å²) in [7, 11) is 2.00. The molecule has 96 valence electrons. The third-order valence-electron chi connectivity index (χ3n) is 3.80. The van der Waals surface area contributed by atoms with Crippen LogP contribution < -0.4 is 5.32 Å². The van der Waals surface area contributed by atoms with E-state index in [9.17, 15) is 0 Å². The first-order chi connectivity index (χ1) is 8.00. The fraction of sp³-hybridized carbons (Fsp3) is 0.786. The Balaban J connectivity index is 2.04. The van der Waals surface area contributed by atoms with Crippen LogP contribution in [-0.4, -0.2) is 15.8 Å². The van der Waals surface area contributed by atoms with E-state index in [1.54, 1.807) is 0 Å². The van der Waals surface area contributed by atoms with Crippen molar-refractivity contribution in [2.24, 2.45) is 12.5 Å². The average molecular weight is 235 g/mol. The second kappa shape index (κ2) is 4.71. The molecule has 1 fully saturated rings. The third-order valence-corrected chi connectivity index (χ3v) is 3.80. The maximum atomic E-state index is 4.49. The Kier molecular flexibility index (Phi) is 3.45. The Morgan fingerprint density at radius 2 is 2.29 bits per heavy atom. The summed E-state index contributed by atoms with van der Waals surface area (Å²) >= 11 is 0. The number of hydrogen-bond donors (Lipinski definition) is 1. The minimum Gasteiger partial charge on any atom is -0.380 e. The van der Waals surface area contributed by atoms with Crippen LogP contribution in [0.4, 0.5) is 5.69 Å². The summed E-state index contributed by atoms with van der Waals surface area (Å²) in [4.78, 5) is 0. The van der Waals surface area contributed by atoms with Crippen molar-refractivity contribution in [1.82, 2.24) is 9.78 Å². The van der Waals surface area contributed by atoms with Gasteiger partial charge in [0.05, 0.1) is 11.4 Å². The summed E-state index contributed by atoms with van der Waals surface area (Å²) in [6.07, 6.45) is 8.37. The van der Waals surface area contributed by atoms with Crippen LogP contribution in [0.25, 0.3) is 0 Å². The van der Waals surface area contributed by atoms with Crippen molar-refractivity contribution in [1.29, 1.82) is 0 Å². The normalized spacial score (nSPS) is 23.6. The number of anilines is 1. The van der Waals surface area contributed by atoms with Gasteiger partial charge in [0.1, 0.15) is 0 Å². The Labute approximate surface area is 105 Å². The van der Waals surface area contributed by atoms with Crippen LogP contribution in [-0.2, 0) is 13.5 Å². The Hall–Kier alpha value is -0.990. The summed E-state index contributed by atoms with van der Waals surface area (Å²) < 4.78 is 1.91. The van der Waals surface area contributed by atoms with Gasteiger partial charge in [0, 0.05) is 19.3 Å². The van der Waals surface area contributed by atoms with Gasteiger partial charge in [0.25, 0.3) is 0 Å². The number of aromatic nitrogens is 2. The molecule has 2 rings (SSSR count). The molecule has 3 nitrogen and oxygen atoms in total. The Morgan fingerprint density at radius 1 is 1.53 bits per heavy atom. The lowest BCUT2D eigenvalue weighted by Crippen LogP contribution is -2.31. The predicted molar refractivity (Wildman–Crippen MR) is 72.2 cm³/mol. The van der Waals surface area contributed by atoms with Gasteiger partial charge >= 0.3 is 0 Å². The molecule has 0 aliphatic heterocycles. The quantitative estimate of drug-likeness (QED) is 0.870. The second-order valence-electron chi connectivity index (χ2n) is 6.12. The minimum atomic E-state index is 0.491. The molecule has 1 heterocycles. The number of rotatable bonds is 3. The fourth-order valence-electron chi connectivity index (χ4n) is 2.96. The lowest BCUT2D eigenvalue weighted by molar-refractivity contribution is 0.229. The van der Waals surface area contributed by atoms with E-state index in [0.29, 0.717) is 11.5 Å². The van der Waals surface area contributed by atoms with Gasteiger partial charge in [0.2, 0.25) is 0 Å². The molecule has 0 amide bonds. The van der Waals surface area contributed by atoms with Crippen LogP contribution in [0.2, 0.25) is 0 Å². The van der Waals surface area contributed by atoms with Crippen LogP contribution in [0, 0.1) is 5.41 Å². The standard InChI is InChI=1S/C14H25N3/c1-5-12-13(10-17(4)16-12)15-11-7-6-8-14(2,3)9-11/h10-11,15H,5-9H2,1-4H3. The van der Waals surface area contributed by atoms with E-state index in [0.717, 1.165) is 6.42 Å². The molecule has 17 heavy (non-hydrogen) atoms. The molecule has 0 bridgehead atoms. The smallest absolute Gasteiger partial charge is 0.0853 e. The van der Waals surface area contributed by atoms with Crippen LogP contribution in [0.1, 0.15) is 52.1 Å². The van der Waals surface area contributed by atoms with E-state index >= 15 is 0 Å². The summed E-state index contributed by atoms with van der Waals surface area (Å²) in [6, 6.07) is 0.619. The topological polar surface area (TPSA) is 29.9 Å². The molecule has 1 atom stereocenters. The second-order valence-corrected chi connectivity index (χ2v) is 6.12. The molecule has 1 aliphatic carbocycles. The van der Waals surface area contributed by atoms with Crippen LogP contribution in [0.5, 0.6) is 0 Å². The van der Waals surface area contributed by atoms with Gasteiger partial charge in [-0.15, -0.1) is 0 Å². The number of nitrogens with zero attached hydrogens (tertiary/aromatic N) is 2. The highest BCUT2D eigenvalue weighted by Crippen LogP contribution is 2.36. The van der Waals surface area contributed by atoms with E-state index in [-0.39, 0.29) is 0 Å². The molecule has 0 radical (unpaired) electrons. The monoisotopic (exact) mass is 235 g/mol. The van der Waals surface area contributed by atoms with Gasteiger partial charge in [-0.2, -0.15) is 5.10 Å². The van der Waals surface area contributed by atoms with E-state index in [2.05, 4.69) is 37.4 Å². The first-order valence-corrected chi connectivity index (χ1v) is 6.79. The molecule has 1 unspecified atom stereocenters. The van der Waals surface area contributed by atoms with Crippen molar-refractivity contribution >= 4 is 5.69 Å². The molecule has 1 aromatic heterocycles. The predicted octanol–water partition coefficient (Wildman–Crippen LogP) is 3.36. The van der Waals surface area contributed by atoms with E-state index < -0.39 is 0 Å². The van der Waals surface area contributed by atoms with Gasteiger partial charge in [-0.25, -0.2) is 0 Å². The van der Waals surface area contributed by atoms with Gasteiger partial charge in [-0.1, -0.05) is 27.2 Å². The van der Waals surface area contributed by atoms with Crippen molar-refractivity contribution in [3.63, 3.8) is 0 Å². The van der Waals surface area contributed by atoms with Crippen molar-refractivity contribution in [3.05, 3.63) is 11.9 Å². The highest BCUT2D eigenvalue weighted by Gasteiger charge is 2.28. The van der Waals surface area contributed by atoms with Crippen LogP contribution in [0.3, 0.4) is 0 Å². The molecule has 0 aromatic carbocycles. The van der Waals surface area contributed by atoms with Crippen LogP contribution >= 0.6 is 0 Å². The number of aryl methyl sites for hydroxylation is 2. The summed E-state index contributed by atoms with van der Waals surface area (Å²) in [5, 5.41) is 8.18. The Bertz CT molecular complexity index is 379. The van der Waals surface area contributed by atoms with Gasteiger partial charge in [-0.3, -0.25) is 4.68 Å². The molecule has 0 spiro atoms. The zero-order valence-electron chi connectivity index (χ0n) is 11.6. The fourth-order valence-corrected chi connectivity index (χ4v) is 2.96. The SMILES string of the molecule is CCc1nn(C)cc1NC1CCCC(C)(C)C1. The summed E-state index contributed by atoms with van der Waals surface area (Å²) in [5.74, 6) is 0. The van der Waals surface area contributed by atoms with Crippen molar-refractivity contribution in [2.45, 2.75) is 58.9 Å². The van der Waals surface area contributed by atoms with Crippen molar-refractivity contribution in [2.75, 3.05) is 5.32 Å². The van der Waals surface area contributed by atoms with Gasteiger partial charge in [0.15, 0.2) is 0 Å². The first kappa shape index (κ1) is 12.5. The molecular weight excluding hydrogens is 210 g/mol. The maximum Gasteiger partial charge on any atom is 0.0853 e. The lowest BCUT2D eigenvalue weighted by Gasteiger charge is -2.35. The van der Waals surface area contributed by atoms with Crippen LogP contribution in [0.15, 0.2) is 6.20 Å². The van der Waals surface area contributed by atoms with Gasteiger partial charge in [-0.05, 0) is 31.1 Å². The number of nitrogens with one attached hydrogen (secondary N) is 1. The Morgan fingerprint density at radius 3 is 2.94 bits per heavy atom. The largest absolute Gasteiger partial charge is 0.380 e. The van der Waals surface area contributed by atoms with Crippen molar-refractivity contribution in [3.8, 4) is 0 Å². The van der Waals surface area contributed by atoms with E-state index in [1.165, 1.54) is 37.1 Å². The van der Waals surface area contributed by atoms with Crippen molar-refractivity contribution < 1.29 is 0 Å². The summed E-state index contributed by atoms with van der Waals surface area (Å²) in [6.45, 7) is 6.92. The molecule has 1 aliphatic rings. The van der Waals surface area contributed by atoms with E-state index in [1.807, 2.05) is 11.7 Å². The molecular formula is C14H25N3. The maximum absolute atomic E-state index is 4.49. The first-order valence-electron chi connectivity index (χ1n) is 6.79. The third kappa shape index (κ3) is 3.02. The zero-order valence-corrected chi connectivity index (χ0v) is 11.6. The average Bonchev–Trinajstić information content (AvgIpc) is 2.57. The molecule has 1 aromatic rings. The summed E-state index contributed by atoms with van der Waals surface area (Å²) in [5.41, 5.74) is 2.92. The van der Waals surface area contributed by atoms with Gasteiger partial charge < -0.3 is 5.32 Å².